The lowest BCUT2D eigenvalue weighted by Crippen LogP contribution is -2.15. The summed E-state index contributed by atoms with van der Waals surface area (Å²) < 4.78 is 27.1. The van der Waals surface area contributed by atoms with Gasteiger partial charge in [-0.2, -0.15) is 0 Å². The number of anilines is 1. The molecule has 3 aromatic rings. The van der Waals surface area contributed by atoms with Gasteiger partial charge in [-0.15, -0.1) is 0 Å². The number of nitrogens with one attached hydrogen (secondary N) is 1. The monoisotopic (exact) mass is 326 g/mol. The summed E-state index contributed by atoms with van der Waals surface area (Å²) >= 11 is 0. The van der Waals surface area contributed by atoms with Crippen LogP contribution in [0.5, 0.6) is 0 Å². The van der Waals surface area contributed by atoms with Crippen LogP contribution in [-0.2, 0) is 10.0 Å². The number of rotatable bonds is 4. The second-order valence-corrected chi connectivity index (χ2v) is 6.60. The number of pyridine rings is 1. The number of aromatic nitrogens is 3. The highest BCUT2D eigenvalue weighted by atomic mass is 32.2. The molecule has 7 heteroatoms. The van der Waals surface area contributed by atoms with Crippen LogP contribution in [0.1, 0.15) is 5.56 Å². The summed E-state index contributed by atoms with van der Waals surface area (Å²) in [6.45, 7) is 1.89. The van der Waals surface area contributed by atoms with Crippen LogP contribution in [-0.4, -0.2) is 23.4 Å². The van der Waals surface area contributed by atoms with Crippen LogP contribution in [0.25, 0.3) is 11.3 Å². The largest absolute Gasteiger partial charge is 0.265 e. The molecule has 116 valence electrons. The normalized spacial score (nSPS) is 11.2. The van der Waals surface area contributed by atoms with E-state index >= 15 is 0 Å². The number of nitrogens with zero attached hydrogens (tertiary/aromatic N) is 3. The Morgan fingerprint density at radius 2 is 1.61 bits per heavy atom. The minimum absolute atomic E-state index is 0.0277. The van der Waals surface area contributed by atoms with E-state index in [9.17, 15) is 8.42 Å². The molecule has 6 nitrogen and oxygen atoms in total. The highest BCUT2D eigenvalue weighted by Crippen LogP contribution is 2.18. The van der Waals surface area contributed by atoms with Gasteiger partial charge in [0.15, 0.2) is 0 Å². The fourth-order valence-electron chi connectivity index (χ4n) is 1.99. The fraction of sp³-hybridized carbons (Fsp3) is 0.0625. The van der Waals surface area contributed by atoms with E-state index in [2.05, 4.69) is 19.7 Å². The standard InChI is InChI=1S/C16H14N4O2S/c1-12-2-4-14(5-3-12)23(21,22)20-16-18-11-8-15(19-16)13-6-9-17-10-7-13/h2-11H,1H3,(H,18,19,20). The first-order chi connectivity index (χ1) is 11.0. The molecule has 2 heterocycles. The van der Waals surface area contributed by atoms with E-state index in [1.54, 1.807) is 54.9 Å². The third-order valence-electron chi connectivity index (χ3n) is 3.19. The topological polar surface area (TPSA) is 84.8 Å². The Balaban J connectivity index is 1.90. The minimum atomic E-state index is -3.72. The summed E-state index contributed by atoms with van der Waals surface area (Å²) in [6, 6.07) is 11.9. The molecule has 0 bridgehead atoms. The van der Waals surface area contributed by atoms with Crippen LogP contribution >= 0.6 is 0 Å². The Kier molecular flexibility index (Phi) is 4.03. The number of sulfonamides is 1. The molecule has 0 aliphatic carbocycles. The van der Waals surface area contributed by atoms with Crippen molar-refractivity contribution < 1.29 is 8.42 Å². The Morgan fingerprint density at radius 3 is 2.30 bits per heavy atom. The van der Waals surface area contributed by atoms with Crippen LogP contribution < -0.4 is 4.72 Å². The quantitative estimate of drug-likeness (QED) is 0.796. The lowest BCUT2D eigenvalue weighted by molar-refractivity contribution is 0.601. The van der Waals surface area contributed by atoms with Crippen LogP contribution in [0.3, 0.4) is 0 Å². The zero-order valence-corrected chi connectivity index (χ0v) is 13.2. The molecule has 0 radical (unpaired) electrons. The van der Waals surface area contributed by atoms with Crippen molar-refractivity contribution in [3.8, 4) is 11.3 Å². The lowest BCUT2D eigenvalue weighted by atomic mass is 10.2. The Hall–Kier alpha value is -2.80. The Morgan fingerprint density at radius 1 is 0.913 bits per heavy atom. The first-order valence-corrected chi connectivity index (χ1v) is 8.36. The van der Waals surface area contributed by atoms with E-state index in [0.717, 1.165) is 11.1 Å². The molecule has 0 saturated heterocycles. The van der Waals surface area contributed by atoms with Crippen molar-refractivity contribution in [2.24, 2.45) is 0 Å². The second kappa shape index (κ2) is 6.13. The van der Waals surface area contributed by atoms with E-state index in [4.69, 9.17) is 0 Å². The van der Waals surface area contributed by atoms with Crippen molar-refractivity contribution in [1.29, 1.82) is 0 Å². The van der Waals surface area contributed by atoms with Gasteiger partial charge in [-0.05, 0) is 37.3 Å². The highest BCUT2D eigenvalue weighted by molar-refractivity contribution is 7.92. The number of hydrogen-bond donors (Lipinski definition) is 1. The SMILES string of the molecule is Cc1ccc(S(=O)(=O)Nc2nccc(-c3ccncc3)n2)cc1. The average molecular weight is 326 g/mol. The van der Waals surface area contributed by atoms with E-state index in [1.807, 2.05) is 6.92 Å². The third-order valence-corrected chi connectivity index (χ3v) is 4.53. The number of aryl methyl sites for hydroxylation is 1. The van der Waals surface area contributed by atoms with Gasteiger partial charge in [0.2, 0.25) is 5.95 Å². The molecule has 0 fully saturated rings. The maximum atomic E-state index is 12.4. The van der Waals surface area contributed by atoms with E-state index < -0.39 is 10.0 Å². The molecule has 3 rings (SSSR count). The van der Waals surface area contributed by atoms with Crippen LogP contribution in [0, 0.1) is 6.92 Å². The molecule has 2 aromatic heterocycles. The van der Waals surface area contributed by atoms with E-state index in [1.165, 1.54) is 6.20 Å². The maximum absolute atomic E-state index is 12.4. The Labute approximate surface area is 134 Å². The van der Waals surface area contributed by atoms with E-state index in [-0.39, 0.29) is 10.8 Å². The van der Waals surface area contributed by atoms with Gasteiger partial charge < -0.3 is 0 Å². The van der Waals surface area contributed by atoms with Crippen molar-refractivity contribution in [1.82, 2.24) is 15.0 Å². The van der Waals surface area contributed by atoms with Crippen LogP contribution in [0.4, 0.5) is 5.95 Å². The molecule has 0 unspecified atom stereocenters. The highest BCUT2D eigenvalue weighted by Gasteiger charge is 2.15. The molecule has 1 aromatic carbocycles. The first kappa shape index (κ1) is 15.1. The zero-order chi connectivity index (χ0) is 16.3. The summed E-state index contributed by atoms with van der Waals surface area (Å²) in [4.78, 5) is 12.3. The predicted octanol–water partition coefficient (Wildman–Crippen LogP) is 2.65. The van der Waals surface area contributed by atoms with Gasteiger partial charge in [0.1, 0.15) is 0 Å². The van der Waals surface area contributed by atoms with Crippen molar-refractivity contribution in [3.63, 3.8) is 0 Å². The van der Waals surface area contributed by atoms with Gasteiger partial charge in [-0.1, -0.05) is 17.7 Å². The molecule has 23 heavy (non-hydrogen) atoms. The van der Waals surface area contributed by atoms with Gasteiger partial charge >= 0.3 is 0 Å². The van der Waals surface area contributed by atoms with Crippen LogP contribution in [0.2, 0.25) is 0 Å². The fourth-order valence-corrected chi connectivity index (χ4v) is 2.94. The van der Waals surface area contributed by atoms with Gasteiger partial charge in [0, 0.05) is 24.2 Å². The Bertz CT molecular complexity index is 910. The maximum Gasteiger partial charge on any atom is 0.264 e. The summed E-state index contributed by atoms with van der Waals surface area (Å²) in [7, 11) is -3.72. The van der Waals surface area contributed by atoms with Gasteiger partial charge in [-0.3, -0.25) is 4.98 Å². The third kappa shape index (κ3) is 3.51. The molecular formula is C16H14N4O2S. The van der Waals surface area contributed by atoms with Gasteiger partial charge in [-0.25, -0.2) is 23.1 Å². The smallest absolute Gasteiger partial charge is 0.264 e. The summed E-state index contributed by atoms with van der Waals surface area (Å²) in [5.41, 5.74) is 2.43. The molecule has 0 spiro atoms. The van der Waals surface area contributed by atoms with Crippen molar-refractivity contribution in [2.75, 3.05) is 4.72 Å². The zero-order valence-electron chi connectivity index (χ0n) is 12.3. The second-order valence-electron chi connectivity index (χ2n) is 4.92. The van der Waals surface area contributed by atoms with Crippen LogP contribution in [0.15, 0.2) is 66.0 Å². The predicted molar refractivity (Wildman–Crippen MR) is 87.3 cm³/mol. The van der Waals surface area contributed by atoms with E-state index in [0.29, 0.717) is 5.69 Å². The summed E-state index contributed by atoms with van der Waals surface area (Å²) in [6.07, 6.45) is 4.80. The summed E-state index contributed by atoms with van der Waals surface area (Å²) in [5, 5.41) is 0. The lowest BCUT2D eigenvalue weighted by Gasteiger charge is -2.08. The minimum Gasteiger partial charge on any atom is -0.265 e. The van der Waals surface area contributed by atoms with Gasteiger partial charge in [0.05, 0.1) is 10.6 Å². The summed E-state index contributed by atoms with van der Waals surface area (Å²) in [5.74, 6) is 0.0277. The average Bonchev–Trinajstić information content (AvgIpc) is 2.56. The first-order valence-electron chi connectivity index (χ1n) is 6.87. The molecule has 0 aliphatic heterocycles. The van der Waals surface area contributed by atoms with Crippen molar-refractivity contribution >= 4 is 16.0 Å². The van der Waals surface area contributed by atoms with Crippen molar-refractivity contribution in [3.05, 3.63) is 66.6 Å². The molecule has 1 N–H and O–H groups in total. The molecule has 0 saturated carbocycles. The molecule has 0 atom stereocenters. The molecular weight excluding hydrogens is 312 g/mol. The van der Waals surface area contributed by atoms with Crippen molar-refractivity contribution in [2.45, 2.75) is 11.8 Å². The number of hydrogen-bond acceptors (Lipinski definition) is 5. The molecule has 0 amide bonds. The molecule has 0 aliphatic rings. The number of benzene rings is 1. The van der Waals surface area contributed by atoms with Gasteiger partial charge in [0.25, 0.3) is 10.0 Å².